The number of allylic oxidation sites excluding steroid dienone is 9. The molecule has 0 bridgehead atoms. The molecule has 0 saturated carbocycles. The van der Waals surface area contributed by atoms with Crippen LogP contribution in [0.5, 0.6) is 0 Å². The summed E-state index contributed by atoms with van der Waals surface area (Å²) < 4.78 is 0. The molecule has 0 aromatic heterocycles. The molecule has 0 nitrogen and oxygen atoms in total. The highest BCUT2D eigenvalue weighted by molar-refractivity contribution is 4.91. The van der Waals surface area contributed by atoms with Crippen molar-refractivity contribution in [1.82, 2.24) is 0 Å². The first kappa shape index (κ1) is 84.8. The Labute approximate surface area is 391 Å². The quantitative estimate of drug-likeness (QED) is 0.0516. The van der Waals surface area contributed by atoms with E-state index in [4.69, 9.17) is 19.3 Å². The Balaban J connectivity index is -0.0000000509. The molecule has 0 unspecified atom stereocenters. The lowest BCUT2D eigenvalue weighted by atomic mass is 10.1. The maximum atomic E-state index is 5.07. The summed E-state index contributed by atoms with van der Waals surface area (Å²) in [4.78, 5) is 0. The molecule has 0 spiro atoms. The van der Waals surface area contributed by atoms with Crippen LogP contribution in [0, 0.1) is 42.9 Å². The fourth-order valence-corrected chi connectivity index (χ4v) is 2.96. The molecule has 0 heteroatoms. The molecule has 0 aliphatic heterocycles. The predicted molar refractivity (Wildman–Crippen MR) is 300 cm³/mol. The Morgan fingerprint density at radius 3 is 0.836 bits per heavy atom. The normalized spacial score (nSPS) is 7.62. The van der Waals surface area contributed by atoms with Gasteiger partial charge in [-0.3, -0.25) is 0 Å². The number of hydrogen-bond donors (Lipinski definition) is 0. The lowest BCUT2D eigenvalue weighted by Gasteiger charge is -1.94. The van der Waals surface area contributed by atoms with E-state index in [2.05, 4.69) is 139 Å². The number of rotatable bonds is 24. The van der Waals surface area contributed by atoms with Crippen LogP contribution in [0.2, 0.25) is 0 Å². The Kier molecular flexibility index (Phi) is 182. The third-order valence-electron chi connectivity index (χ3n) is 6.77. The van der Waals surface area contributed by atoms with Crippen molar-refractivity contribution in [3.8, 4) is 37.0 Å². The Hall–Kier alpha value is -3.66. The third-order valence-corrected chi connectivity index (χ3v) is 6.77. The number of hydrogen-bond acceptors (Lipinski definition) is 0. The summed E-state index contributed by atoms with van der Waals surface area (Å²) >= 11 is 0. The highest BCUT2D eigenvalue weighted by Gasteiger charge is 1.85. The predicted octanol–water partition coefficient (Wildman–Crippen LogP) is 22.0. The van der Waals surface area contributed by atoms with E-state index in [1.54, 1.807) is 18.2 Å². The minimum Gasteiger partial charge on any atom is -0.120 e. The van der Waals surface area contributed by atoms with Crippen molar-refractivity contribution >= 4 is 0 Å². The van der Waals surface area contributed by atoms with E-state index in [9.17, 15) is 0 Å². The summed E-state index contributed by atoms with van der Waals surface area (Å²) in [6.07, 6.45) is 61.7. The zero-order chi connectivity index (χ0) is 49.7. The lowest BCUT2D eigenvalue weighted by molar-refractivity contribution is 0.626. The zero-order valence-corrected chi connectivity index (χ0v) is 44.0. The van der Waals surface area contributed by atoms with Crippen molar-refractivity contribution in [2.45, 2.75) is 237 Å². The molecule has 0 amide bonds. The highest BCUT2D eigenvalue weighted by atomic mass is 13.9. The van der Waals surface area contributed by atoms with Gasteiger partial charge in [-0.25, -0.2) is 0 Å². The van der Waals surface area contributed by atoms with Gasteiger partial charge in [0.05, 0.1) is 0 Å². The van der Waals surface area contributed by atoms with Crippen LogP contribution in [0.4, 0.5) is 0 Å². The average Bonchev–Trinajstić information content (AvgIpc) is 3.25. The third kappa shape index (κ3) is 281. The van der Waals surface area contributed by atoms with E-state index >= 15 is 0 Å². The molecular formula is C61H114. The van der Waals surface area contributed by atoms with Gasteiger partial charge in [0.1, 0.15) is 0 Å². The summed E-state index contributed by atoms with van der Waals surface area (Å²) in [5, 5.41) is 0. The van der Waals surface area contributed by atoms with Crippen molar-refractivity contribution in [1.29, 1.82) is 0 Å². The summed E-state index contributed by atoms with van der Waals surface area (Å²) in [6, 6.07) is 0. The van der Waals surface area contributed by atoms with Crippen LogP contribution in [-0.2, 0) is 0 Å². The van der Waals surface area contributed by atoms with E-state index in [1.807, 2.05) is 50.3 Å². The van der Waals surface area contributed by atoms with Crippen LogP contribution in [-0.4, -0.2) is 0 Å². The largest absolute Gasteiger partial charge is 0.120 e. The SMILES string of the molecule is C#CCC=C.C#CCCC=C.C#CCCCCCC=C.C=CC.C=CC.C=CCCC.C=CCCC.C=CCCCC.C=CCCCCCCC.CCC(C)C.CCCCC. The Bertz CT molecular complexity index is 837. The standard InChI is InChI=1S/C9H18.C9H14.C6H12.C6H8.2C5H12.2C5H10.C5H6.2C3H6/c2*1-3-5-7-9-8-6-4-2;2*1-3-5-6-4-2;1-4-5(2)3;4*1-3-5-4-2;2*1-3-2/h3H,1,4-9H2,2H3;1,4H,2,5-9H2;3H,1,4-6H2,2H3;1,4H,2,5-6H2;5H,4H2,1-3H3;3-5H2,1-2H3;2*3H,1,4-5H2,2H3;1,4H,2,5H2;2*3H,1H2,2H3. The minimum atomic E-state index is 0.681. The molecule has 0 atom stereocenters. The zero-order valence-electron chi connectivity index (χ0n) is 44.0. The van der Waals surface area contributed by atoms with E-state index in [1.165, 1.54) is 116 Å². The molecule has 0 aromatic carbocycles. The van der Waals surface area contributed by atoms with Gasteiger partial charge in [-0.2, -0.15) is 0 Å². The first-order valence-corrected chi connectivity index (χ1v) is 24.1. The molecule has 0 N–H and O–H groups in total. The topological polar surface area (TPSA) is 0 Å². The van der Waals surface area contributed by atoms with Gasteiger partial charge in [0.2, 0.25) is 0 Å². The van der Waals surface area contributed by atoms with Gasteiger partial charge in [-0.05, 0) is 77.6 Å². The first-order chi connectivity index (χ1) is 29.4. The van der Waals surface area contributed by atoms with Crippen molar-refractivity contribution < 1.29 is 0 Å². The van der Waals surface area contributed by atoms with Crippen LogP contribution >= 0.6 is 0 Å². The molecule has 0 aliphatic carbocycles. The van der Waals surface area contributed by atoms with E-state index in [0.29, 0.717) is 6.42 Å². The van der Waals surface area contributed by atoms with Gasteiger partial charge in [0, 0.05) is 19.3 Å². The van der Waals surface area contributed by atoms with E-state index < -0.39 is 0 Å². The summed E-state index contributed by atoms with van der Waals surface area (Å²) in [7, 11) is 0. The van der Waals surface area contributed by atoms with E-state index in [-0.39, 0.29) is 0 Å². The second kappa shape index (κ2) is 131. The highest BCUT2D eigenvalue weighted by Crippen LogP contribution is 2.04. The van der Waals surface area contributed by atoms with Crippen molar-refractivity contribution in [3.63, 3.8) is 0 Å². The second-order valence-electron chi connectivity index (χ2n) is 13.9. The van der Waals surface area contributed by atoms with Gasteiger partial charge in [0.25, 0.3) is 0 Å². The second-order valence-corrected chi connectivity index (χ2v) is 13.9. The average molecular weight is 848 g/mol. The van der Waals surface area contributed by atoms with Crippen molar-refractivity contribution in [2.24, 2.45) is 5.92 Å². The molecule has 61 heavy (non-hydrogen) atoms. The summed E-state index contributed by atoms with van der Waals surface area (Å²) in [5.74, 6) is 8.40. The molecular weight excluding hydrogens is 733 g/mol. The lowest BCUT2D eigenvalue weighted by Crippen LogP contribution is -1.77. The monoisotopic (exact) mass is 847 g/mol. The summed E-state index contributed by atoms with van der Waals surface area (Å²) in [5.41, 5.74) is 0. The maximum Gasteiger partial charge on any atom is 0.0264 e. The Morgan fingerprint density at radius 2 is 0.672 bits per heavy atom. The molecule has 0 fully saturated rings. The van der Waals surface area contributed by atoms with Crippen LogP contribution in [0.25, 0.3) is 0 Å². The van der Waals surface area contributed by atoms with Crippen molar-refractivity contribution in [3.05, 3.63) is 114 Å². The molecule has 358 valence electrons. The Morgan fingerprint density at radius 1 is 0.361 bits per heavy atom. The molecule has 0 radical (unpaired) electrons. The van der Waals surface area contributed by atoms with Crippen LogP contribution in [0.3, 0.4) is 0 Å². The van der Waals surface area contributed by atoms with Crippen LogP contribution in [0.1, 0.15) is 237 Å². The number of terminal acetylenes is 3. The molecule has 0 aromatic rings. The fraction of sp³-hybridized carbons (Fsp3) is 0.607. The van der Waals surface area contributed by atoms with Gasteiger partial charge >= 0.3 is 0 Å². The van der Waals surface area contributed by atoms with Gasteiger partial charge in [0.15, 0.2) is 0 Å². The van der Waals surface area contributed by atoms with Gasteiger partial charge in [-0.1, -0.05) is 200 Å². The maximum absolute atomic E-state index is 5.07. The smallest absolute Gasteiger partial charge is 0.0264 e. The molecule has 0 saturated heterocycles. The van der Waals surface area contributed by atoms with Crippen molar-refractivity contribution in [2.75, 3.05) is 0 Å². The van der Waals surface area contributed by atoms with Crippen LogP contribution in [0.15, 0.2) is 114 Å². The molecule has 0 heterocycles. The molecule has 0 rings (SSSR count). The number of unbranched alkanes of at least 4 members (excludes halogenated alkanes) is 16. The van der Waals surface area contributed by atoms with Gasteiger partial charge < -0.3 is 0 Å². The van der Waals surface area contributed by atoms with Crippen LogP contribution < -0.4 is 0 Å². The summed E-state index contributed by atoms with van der Waals surface area (Å²) in [6.45, 7) is 55.2. The van der Waals surface area contributed by atoms with E-state index in [0.717, 1.165) is 44.4 Å². The first-order valence-electron chi connectivity index (χ1n) is 24.1. The minimum absolute atomic E-state index is 0.681. The fourth-order valence-electron chi connectivity index (χ4n) is 2.96. The molecule has 0 aliphatic rings. The van der Waals surface area contributed by atoms with Gasteiger partial charge in [-0.15, -0.1) is 96.2 Å².